The van der Waals surface area contributed by atoms with Crippen molar-refractivity contribution in [3.05, 3.63) is 35.4 Å². The maximum Gasteiger partial charge on any atom is 0.179 e. The van der Waals surface area contributed by atoms with Gasteiger partial charge in [-0.3, -0.25) is 9.69 Å². The molecule has 1 aromatic carbocycles. The van der Waals surface area contributed by atoms with Crippen LogP contribution in [-0.2, 0) is 0 Å². The second kappa shape index (κ2) is 6.41. The van der Waals surface area contributed by atoms with Gasteiger partial charge in [0.05, 0.1) is 12.1 Å². The van der Waals surface area contributed by atoms with Crippen molar-refractivity contribution in [2.45, 2.75) is 18.9 Å². The number of piperidine rings is 1. The number of hydrogen-bond donors (Lipinski definition) is 0. The zero-order valence-electron chi connectivity index (χ0n) is 11.9. The first-order chi connectivity index (χ1) is 9.47. The van der Waals surface area contributed by atoms with Crippen LogP contribution >= 0.6 is 0 Å². The first kappa shape index (κ1) is 15.1. The highest BCUT2D eigenvalue weighted by molar-refractivity contribution is 5.97. The van der Waals surface area contributed by atoms with Crippen molar-refractivity contribution in [3.63, 3.8) is 0 Å². The fourth-order valence-electron chi connectivity index (χ4n) is 2.60. The molecule has 1 atom stereocenters. The van der Waals surface area contributed by atoms with E-state index in [9.17, 15) is 13.6 Å². The molecule has 5 heteroatoms. The first-order valence-electron chi connectivity index (χ1n) is 6.84. The molecule has 1 unspecified atom stereocenters. The molecule has 1 fully saturated rings. The summed E-state index contributed by atoms with van der Waals surface area (Å²) < 4.78 is 26.4. The number of carbonyl (C=O) groups is 1. The predicted molar refractivity (Wildman–Crippen MR) is 73.8 cm³/mol. The van der Waals surface area contributed by atoms with Gasteiger partial charge in [0.2, 0.25) is 0 Å². The number of Topliss-reactive ketones (excluding diaryl/α,β-unsaturated/α-hetero) is 1. The predicted octanol–water partition coefficient (Wildman–Crippen LogP) is 2.17. The smallest absolute Gasteiger partial charge is 0.179 e. The summed E-state index contributed by atoms with van der Waals surface area (Å²) in [5.41, 5.74) is -0.0293. The third kappa shape index (κ3) is 3.61. The molecule has 0 aliphatic carbocycles. The second-order valence-corrected chi connectivity index (χ2v) is 5.54. The lowest BCUT2D eigenvalue weighted by atomic mass is 10.0. The number of benzene rings is 1. The molecule has 0 spiro atoms. The Hall–Kier alpha value is -1.33. The van der Waals surface area contributed by atoms with E-state index in [-0.39, 0.29) is 17.9 Å². The van der Waals surface area contributed by atoms with Crippen molar-refractivity contribution in [1.82, 2.24) is 9.80 Å². The van der Waals surface area contributed by atoms with Gasteiger partial charge in [0.1, 0.15) is 11.6 Å². The molecule has 2 rings (SSSR count). The molecule has 1 heterocycles. The van der Waals surface area contributed by atoms with Gasteiger partial charge in [-0.2, -0.15) is 0 Å². The minimum Gasteiger partial charge on any atom is -0.305 e. The summed E-state index contributed by atoms with van der Waals surface area (Å²) in [6.07, 6.45) is 2.14. The Morgan fingerprint density at radius 2 is 2.15 bits per heavy atom. The average molecular weight is 282 g/mol. The number of ketones is 1. The Morgan fingerprint density at radius 3 is 2.80 bits per heavy atom. The van der Waals surface area contributed by atoms with Crippen LogP contribution in [-0.4, -0.2) is 55.4 Å². The van der Waals surface area contributed by atoms with Crippen LogP contribution in [0.1, 0.15) is 23.2 Å². The third-order valence-corrected chi connectivity index (χ3v) is 3.81. The minimum atomic E-state index is -0.781. The summed E-state index contributed by atoms with van der Waals surface area (Å²) in [6, 6.07) is 3.52. The Balaban J connectivity index is 2.00. The van der Waals surface area contributed by atoms with Crippen LogP contribution in [0.25, 0.3) is 0 Å². The van der Waals surface area contributed by atoms with Gasteiger partial charge >= 0.3 is 0 Å². The average Bonchev–Trinajstić information content (AvgIpc) is 2.38. The Bertz CT molecular complexity index is 491. The van der Waals surface area contributed by atoms with E-state index >= 15 is 0 Å². The molecule has 1 aliphatic heterocycles. The monoisotopic (exact) mass is 282 g/mol. The highest BCUT2D eigenvalue weighted by Gasteiger charge is 2.24. The molecule has 0 radical (unpaired) electrons. The van der Waals surface area contributed by atoms with Gasteiger partial charge in [-0.05, 0) is 45.6 Å². The minimum absolute atomic E-state index is 0.0293. The second-order valence-electron chi connectivity index (χ2n) is 5.54. The highest BCUT2D eigenvalue weighted by atomic mass is 19.1. The fraction of sp³-hybridized carbons (Fsp3) is 0.533. The number of likely N-dealkylation sites (N-methyl/N-ethyl adjacent to an activating group) is 1. The molecule has 1 aromatic rings. The quantitative estimate of drug-likeness (QED) is 0.791. The summed E-state index contributed by atoms with van der Waals surface area (Å²) in [7, 11) is 4.05. The molecule has 3 nitrogen and oxygen atoms in total. The molecule has 0 saturated carbocycles. The Morgan fingerprint density at radius 1 is 1.40 bits per heavy atom. The molecule has 0 aromatic heterocycles. The standard InChI is InChI=1S/C15H20F2N2O/c1-18(2)12-4-3-7-19(9-12)10-15(20)13-6-5-11(16)8-14(13)17/h5-6,8,12H,3-4,7,9-10H2,1-2H3. The maximum atomic E-state index is 13.6. The van der Waals surface area contributed by atoms with Gasteiger partial charge in [-0.1, -0.05) is 0 Å². The SMILES string of the molecule is CN(C)C1CCCN(CC(=O)c2ccc(F)cc2F)C1. The summed E-state index contributed by atoms with van der Waals surface area (Å²) in [5, 5.41) is 0. The summed E-state index contributed by atoms with van der Waals surface area (Å²) >= 11 is 0. The lowest BCUT2D eigenvalue weighted by Crippen LogP contribution is -2.46. The third-order valence-electron chi connectivity index (χ3n) is 3.81. The van der Waals surface area contributed by atoms with E-state index in [1.54, 1.807) is 0 Å². The highest BCUT2D eigenvalue weighted by Crippen LogP contribution is 2.16. The van der Waals surface area contributed by atoms with E-state index in [0.717, 1.165) is 38.1 Å². The van der Waals surface area contributed by atoms with E-state index in [4.69, 9.17) is 0 Å². The molecule has 110 valence electrons. The maximum absolute atomic E-state index is 13.6. The Labute approximate surface area is 118 Å². The number of carbonyl (C=O) groups excluding carboxylic acids is 1. The van der Waals surface area contributed by atoms with Crippen molar-refractivity contribution in [2.24, 2.45) is 0 Å². The van der Waals surface area contributed by atoms with Gasteiger partial charge in [0.15, 0.2) is 5.78 Å². The molecular weight excluding hydrogens is 262 g/mol. The van der Waals surface area contributed by atoms with Crippen LogP contribution in [0.15, 0.2) is 18.2 Å². The molecule has 1 aliphatic rings. The van der Waals surface area contributed by atoms with Crippen molar-refractivity contribution in [3.8, 4) is 0 Å². The van der Waals surface area contributed by atoms with Crippen LogP contribution in [0.4, 0.5) is 8.78 Å². The summed E-state index contributed by atoms with van der Waals surface area (Å²) in [4.78, 5) is 16.3. The molecule has 0 N–H and O–H groups in total. The molecule has 0 bridgehead atoms. The number of rotatable bonds is 4. The van der Waals surface area contributed by atoms with Gasteiger partial charge in [-0.25, -0.2) is 8.78 Å². The lowest BCUT2D eigenvalue weighted by molar-refractivity contribution is 0.0848. The van der Waals surface area contributed by atoms with Crippen molar-refractivity contribution in [2.75, 3.05) is 33.7 Å². The molecule has 0 amide bonds. The van der Waals surface area contributed by atoms with Gasteiger partial charge in [-0.15, -0.1) is 0 Å². The van der Waals surface area contributed by atoms with Crippen LogP contribution in [0, 0.1) is 11.6 Å². The molecule has 1 saturated heterocycles. The van der Waals surface area contributed by atoms with Crippen LogP contribution in [0.5, 0.6) is 0 Å². The van der Waals surface area contributed by atoms with Crippen molar-refractivity contribution >= 4 is 5.78 Å². The number of halogens is 2. The van der Waals surface area contributed by atoms with Crippen molar-refractivity contribution in [1.29, 1.82) is 0 Å². The van der Waals surface area contributed by atoms with Gasteiger partial charge in [0.25, 0.3) is 0 Å². The van der Waals surface area contributed by atoms with E-state index in [1.165, 1.54) is 6.07 Å². The molecular formula is C15H20F2N2O. The number of nitrogens with zero attached hydrogens (tertiary/aromatic N) is 2. The zero-order chi connectivity index (χ0) is 14.7. The van der Waals surface area contributed by atoms with Crippen LogP contribution in [0.2, 0.25) is 0 Å². The van der Waals surface area contributed by atoms with E-state index in [0.29, 0.717) is 6.04 Å². The topological polar surface area (TPSA) is 23.6 Å². The van der Waals surface area contributed by atoms with E-state index in [1.807, 2.05) is 19.0 Å². The number of hydrogen-bond acceptors (Lipinski definition) is 3. The van der Waals surface area contributed by atoms with Crippen molar-refractivity contribution < 1.29 is 13.6 Å². The normalized spacial score (nSPS) is 20.4. The van der Waals surface area contributed by atoms with E-state index < -0.39 is 11.6 Å². The molecule has 20 heavy (non-hydrogen) atoms. The lowest BCUT2D eigenvalue weighted by Gasteiger charge is -2.35. The largest absolute Gasteiger partial charge is 0.305 e. The van der Waals surface area contributed by atoms with Crippen LogP contribution in [0.3, 0.4) is 0 Å². The summed E-state index contributed by atoms with van der Waals surface area (Å²) in [6.45, 7) is 1.84. The number of likely N-dealkylation sites (tertiary alicyclic amines) is 1. The van der Waals surface area contributed by atoms with E-state index in [2.05, 4.69) is 4.90 Å². The zero-order valence-corrected chi connectivity index (χ0v) is 11.9. The first-order valence-corrected chi connectivity index (χ1v) is 6.84. The van der Waals surface area contributed by atoms with Crippen LogP contribution < -0.4 is 0 Å². The fourth-order valence-corrected chi connectivity index (χ4v) is 2.60. The Kier molecular flexibility index (Phi) is 4.83. The van der Waals surface area contributed by atoms with Gasteiger partial charge < -0.3 is 4.90 Å². The van der Waals surface area contributed by atoms with Gasteiger partial charge in [0, 0.05) is 18.7 Å². The summed E-state index contributed by atoms with van der Waals surface area (Å²) in [5.74, 6) is -1.73.